The Morgan fingerprint density at radius 1 is 0.941 bits per heavy atom. The lowest BCUT2D eigenvalue weighted by Gasteiger charge is -2.52. The van der Waals surface area contributed by atoms with E-state index in [0.29, 0.717) is 18.9 Å². The Morgan fingerprint density at radius 2 is 1.50 bits per heavy atom. The molecule has 1 unspecified atom stereocenters. The van der Waals surface area contributed by atoms with Crippen LogP contribution in [0.1, 0.15) is 76.8 Å². The second-order valence-electron chi connectivity index (χ2n) is 11.1. The summed E-state index contributed by atoms with van der Waals surface area (Å²) in [4.78, 5) is 33.7. The summed E-state index contributed by atoms with van der Waals surface area (Å²) < 4.78 is 0. The third-order valence-electron chi connectivity index (χ3n) is 7.97. The Labute approximate surface area is 206 Å². The number of likely N-dealkylation sites (tertiary alicyclic amines) is 2. The fourth-order valence-corrected chi connectivity index (χ4v) is 5.93. The Morgan fingerprint density at radius 3 is 2.03 bits per heavy atom. The van der Waals surface area contributed by atoms with Crippen molar-refractivity contribution in [1.82, 2.24) is 20.0 Å². The van der Waals surface area contributed by atoms with Crippen molar-refractivity contribution in [2.45, 2.75) is 90.4 Å². The van der Waals surface area contributed by atoms with Crippen LogP contribution in [0.3, 0.4) is 0 Å². The summed E-state index contributed by atoms with van der Waals surface area (Å²) in [5.74, 6) is 0.573. The summed E-state index contributed by atoms with van der Waals surface area (Å²) in [7, 11) is 0. The van der Waals surface area contributed by atoms with Gasteiger partial charge in [0.2, 0.25) is 11.8 Å². The molecule has 1 aromatic carbocycles. The lowest BCUT2D eigenvalue weighted by atomic mass is 9.80. The van der Waals surface area contributed by atoms with Crippen LogP contribution in [0.15, 0.2) is 24.3 Å². The summed E-state index contributed by atoms with van der Waals surface area (Å²) in [6.07, 6.45) is 6.77. The van der Waals surface area contributed by atoms with Crippen molar-refractivity contribution in [2.75, 3.05) is 32.7 Å². The fraction of sp³-hybridized carbons (Fsp3) is 0.714. The number of hydrogen-bond donors (Lipinski definition) is 1. The first-order valence-corrected chi connectivity index (χ1v) is 13.6. The summed E-state index contributed by atoms with van der Waals surface area (Å²) >= 11 is 0. The van der Waals surface area contributed by atoms with E-state index in [1.165, 1.54) is 37.1 Å². The molecule has 1 atom stereocenters. The Bertz CT molecular complexity index is 823. The maximum atomic E-state index is 13.4. The van der Waals surface area contributed by atoms with Crippen LogP contribution >= 0.6 is 0 Å². The Kier molecular flexibility index (Phi) is 8.30. The molecule has 188 valence electrons. The fourth-order valence-electron chi connectivity index (χ4n) is 5.93. The van der Waals surface area contributed by atoms with Gasteiger partial charge in [-0.3, -0.25) is 19.4 Å². The molecule has 1 aromatic rings. The van der Waals surface area contributed by atoms with Crippen molar-refractivity contribution >= 4 is 11.8 Å². The molecule has 3 fully saturated rings. The van der Waals surface area contributed by atoms with Crippen molar-refractivity contribution in [3.63, 3.8) is 0 Å². The van der Waals surface area contributed by atoms with Gasteiger partial charge < -0.3 is 10.2 Å². The van der Waals surface area contributed by atoms with Crippen LogP contribution in [0.25, 0.3) is 0 Å². The van der Waals surface area contributed by atoms with Gasteiger partial charge in [-0.15, -0.1) is 0 Å². The van der Waals surface area contributed by atoms with Crippen LogP contribution in [-0.2, 0) is 22.7 Å². The van der Waals surface area contributed by atoms with Crippen LogP contribution in [0.4, 0.5) is 0 Å². The predicted molar refractivity (Wildman–Crippen MR) is 136 cm³/mol. The first kappa shape index (κ1) is 25.2. The largest absolute Gasteiger partial charge is 0.342 e. The molecular weight excluding hydrogens is 424 g/mol. The second-order valence-corrected chi connectivity index (χ2v) is 11.1. The van der Waals surface area contributed by atoms with Gasteiger partial charge >= 0.3 is 0 Å². The molecule has 0 aromatic heterocycles. The van der Waals surface area contributed by atoms with Crippen LogP contribution in [0, 0.1) is 5.92 Å². The van der Waals surface area contributed by atoms with Crippen molar-refractivity contribution in [2.24, 2.45) is 5.92 Å². The number of carbonyl (C=O) groups excluding carboxylic acids is 2. The quantitative estimate of drug-likeness (QED) is 0.599. The normalized spacial score (nSPS) is 23.8. The number of hydrogen-bond acceptors (Lipinski definition) is 4. The summed E-state index contributed by atoms with van der Waals surface area (Å²) in [5.41, 5.74) is 2.05. The molecule has 3 aliphatic heterocycles. The lowest BCUT2D eigenvalue weighted by molar-refractivity contribution is -0.161. The average Bonchev–Trinajstić information content (AvgIpc) is 3.33. The van der Waals surface area contributed by atoms with Crippen molar-refractivity contribution in [3.8, 4) is 0 Å². The maximum absolute atomic E-state index is 13.4. The van der Waals surface area contributed by atoms with Crippen LogP contribution in [-0.4, -0.2) is 70.8 Å². The summed E-state index contributed by atoms with van der Waals surface area (Å²) in [6.45, 7) is 13.1. The van der Waals surface area contributed by atoms with Gasteiger partial charge in [-0.2, -0.15) is 0 Å². The molecule has 3 heterocycles. The van der Waals surface area contributed by atoms with E-state index >= 15 is 0 Å². The number of piperidine rings is 1. The van der Waals surface area contributed by atoms with Gasteiger partial charge in [0.25, 0.3) is 0 Å². The first-order valence-electron chi connectivity index (χ1n) is 13.6. The smallest absolute Gasteiger partial charge is 0.246 e. The molecule has 34 heavy (non-hydrogen) atoms. The van der Waals surface area contributed by atoms with E-state index in [4.69, 9.17) is 0 Å². The highest BCUT2D eigenvalue weighted by Crippen LogP contribution is 2.34. The van der Waals surface area contributed by atoms with Gasteiger partial charge in [0.05, 0.1) is 0 Å². The molecule has 1 N–H and O–H groups in total. The van der Waals surface area contributed by atoms with Crippen LogP contribution < -0.4 is 5.32 Å². The highest BCUT2D eigenvalue weighted by atomic mass is 16.2. The molecule has 1 spiro atoms. The number of unbranched alkanes of at least 4 members (excludes halogenated alkanes) is 1. The van der Waals surface area contributed by atoms with Gasteiger partial charge in [-0.05, 0) is 68.7 Å². The van der Waals surface area contributed by atoms with Crippen molar-refractivity contribution in [1.29, 1.82) is 0 Å². The van der Waals surface area contributed by atoms with E-state index in [1.54, 1.807) is 0 Å². The molecular formula is C28H44N4O2. The van der Waals surface area contributed by atoms with Crippen LogP contribution in [0.5, 0.6) is 0 Å². The molecule has 0 aliphatic carbocycles. The molecule has 0 saturated carbocycles. The topological polar surface area (TPSA) is 55.9 Å². The van der Waals surface area contributed by atoms with E-state index < -0.39 is 5.54 Å². The maximum Gasteiger partial charge on any atom is 0.246 e. The van der Waals surface area contributed by atoms with Crippen molar-refractivity contribution < 1.29 is 9.59 Å². The molecule has 2 amide bonds. The molecule has 0 radical (unpaired) electrons. The van der Waals surface area contributed by atoms with Gasteiger partial charge in [-0.25, -0.2) is 0 Å². The van der Waals surface area contributed by atoms with Gasteiger partial charge in [-0.1, -0.05) is 51.5 Å². The van der Waals surface area contributed by atoms with Gasteiger partial charge in [0.1, 0.15) is 11.6 Å². The highest BCUT2D eigenvalue weighted by Gasteiger charge is 2.53. The summed E-state index contributed by atoms with van der Waals surface area (Å²) in [6, 6.07) is 8.70. The average molecular weight is 469 g/mol. The zero-order valence-electron chi connectivity index (χ0n) is 21.5. The molecule has 6 heteroatoms. The zero-order chi connectivity index (χ0) is 24.1. The van der Waals surface area contributed by atoms with E-state index in [1.807, 2.05) is 4.90 Å². The van der Waals surface area contributed by atoms with Crippen LogP contribution in [0.2, 0.25) is 0 Å². The number of amides is 2. The molecule has 3 aliphatic rings. The molecule has 6 nitrogen and oxygen atoms in total. The minimum absolute atomic E-state index is 0.0692. The Balaban J connectivity index is 1.37. The highest BCUT2D eigenvalue weighted by molar-refractivity contribution is 6.00. The number of carbonyl (C=O) groups is 2. The third kappa shape index (κ3) is 5.65. The number of benzene rings is 1. The zero-order valence-corrected chi connectivity index (χ0v) is 21.5. The third-order valence-corrected chi connectivity index (χ3v) is 7.97. The van der Waals surface area contributed by atoms with E-state index in [2.05, 4.69) is 60.2 Å². The van der Waals surface area contributed by atoms with E-state index in [-0.39, 0.29) is 17.9 Å². The van der Waals surface area contributed by atoms with Gasteiger partial charge in [0, 0.05) is 32.7 Å². The number of nitrogens with one attached hydrogen (secondary N) is 1. The number of nitrogens with zero attached hydrogens (tertiary/aromatic N) is 3. The van der Waals surface area contributed by atoms with E-state index in [9.17, 15) is 9.59 Å². The second kappa shape index (κ2) is 11.2. The monoisotopic (exact) mass is 468 g/mol. The SMILES string of the molecule is CCCCN1C(=O)C(CC(C)C)NC(=O)C12CCN(Cc1ccc(CN3CCCC3)cc1)CC2. The molecule has 3 saturated heterocycles. The van der Waals surface area contributed by atoms with E-state index in [0.717, 1.165) is 51.9 Å². The Hall–Kier alpha value is -1.92. The lowest BCUT2D eigenvalue weighted by Crippen LogP contribution is -2.73. The predicted octanol–water partition coefficient (Wildman–Crippen LogP) is 3.79. The molecule has 0 bridgehead atoms. The minimum atomic E-state index is -0.671. The summed E-state index contributed by atoms with van der Waals surface area (Å²) in [5, 5.41) is 3.11. The first-order chi connectivity index (χ1) is 16.4. The van der Waals surface area contributed by atoms with Crippen molar-refractivity contribution in [3.05, 3.63) is 35.4 Å². The number of piperazine rings is 1. The minimum Gasteiger partial charge on any atom is -0.342 e. The number of rotatable bonds is 9. The molecule has 4 rings (SSSR count). The van der Waals surface area contributed by atoms with Gasteiger partial charge in [0.15, 0.2) is 0 Å². The standard InChI is InChI=1S/C28H44N4O2/c1-4-5-16-32-26(33)25(19-22(2)3)29-27(34)28(32)12-17-31(18-13-28)21-24-10-8-23(9-11-24)20-30-14-6-7-15-30/h8-11,22,25H,4-7,12-21H2,1-3H3,(H,29,34).